The average molecular weight is 289 g/mol. The molecule has 0 aliphatic heterocycles. The lowest BCUT2D eigenvalue weighted by atomic mass is 10.3. The SMILES string of the molecule is Cc1cnc(N(C)Cc2nncn2C(C)C)nc1N(C)C. The molecule has 0 amide bonds. The van der Waals surface area contributed by atoms with Crippen molar-refractivity contribution in [3.8, 4) is 0 Å². The van der Waals surface area contributed by atoms with Gasteiger partial charge >= 0.3 is 0 Å². The van der Waals surface area contributed by atoms with E-state index in [1.165, 1.54) is 0 Å². The second kappa shape index (κ2) is 6.07. The topological polar surface area (TPSA) is 63.0 Å². The Labute approximate surface area is 125 Å². The van der Waals surface area contributed by atoms with Gasteiger partial charge in [-0.05, 0) is 20.8 Å². The van der Waals surface area contributed by atoms with Crippen molar-refractivity contribution in [2.75, 3.05) is 30.9 Å². The first-order valence-corrected chi connectivity index (χ1v) is 7.00. The summed E-state index contributed by atoms with van der Waals surface area (Å²) >= 11 is 0. The van der Waals surface area contributed by atoms with Gasteiger partial charge in [0.15, 0.2) is 5.82 Å². The summed E-state index contributed by atoms with van der Waals surface area (Å²) in [6, 6.07) is 0.333. The summed E-state index contributed by atoms with van der Waals surface area (Å²) in [6.45, 7) is 6.85. The fourth-order valence-corrected chi connectivity index (χ4v) is 2.15. The van der Waals surface area contributed by atoms with Crippen LogP contribution in [0.15, 0.2) is 12.5 Å². The van der Waals surface area contributed by atoms with E-state index in [2.05, 4.69) is 38.6 Å². The number of rotatable bonds is 5. The molecule has 0 radical (unpaired) electrons. The quantitative estimate of drug-likeness (QED) is 0.834. The van der Waals surface area contributed by atoms with Crippen molar-refractivity contribution in [3.63, 3.8) is 0 Å². The van der Waals surface area contributed by atoms with E-state index >= 15 is 0 Å². The van der Waals surface area contributed by atoms with Crippen molar-refractivity contribution in [1.29, 1.82) is 0 Å². The number of aromatic nitrogens is 5. The molecule has 114 valence electrons. The highest BCUT2D eigenvalue weighted by Crippen LogP contribution is 2.18. The standard InChI is InChI=1S/C14H23N7/c1-10(2)21-9-16-18-12(21)8-20(6)14-15-7-11(3)13(17-14)19(4)5/h7,9-10H,8H2,1-6H3. The van der Waals surface area contributed by atoms with Crippen molar-refractivity contribution < 1.29 is 0 Å². The van der Waals surface area contributed by atoms with E-state index in [9.17, 15) is 0 Å². The molecular formula is C14H23N7. The van der Waals surface area contributed by atoms with Crippen LogP contribution in [-0.4, -0.2) is 45.9 Å². The summed E-state index contributed by atoms with van der Waals surface area (Å²) < 4.78 is 2.05. The first kappa shape index (κ1) is 15.2. The van der Waals surface area contributed by atoms with Crippen molar-refractivity contribution in [2.45, 2.75) is 33.4 Å². The molecule has 0 unspecified atom stereocenters. The van der Waals surface area contributed by atoms with E-state index < -0.39 is 0 Å². The van der Waals surface area contributed by atoms with Crippen LogP contribution < -0.4 is 9.80 Å². The van der Waals surface area contributed by atoms with E-state index in [1.54, 1.807) is 6.33 Å². The van der Waals surface area contributed by atoms with Crippen LogP contribution in [0.25, 0.3) is 0 Å². The minimum Gasteiger partial charge on any atom is -0.362 e. The summed E-state index contributed by atoms with van der Waals surface area (Å²) in [5, 5.41) is 8.17. The molecule has 0 aliphatic rings. The lowest BCUT2D eigenvalue weighted by Gasteiger charge is -2.21. The monoisotopic (exact) mass is 289 g/mol. The molecular weight excluding hydrogens is 266 g/mol. The third-order valence-electron chi connectivity index (χ3n) is 3.28. The largest absolute Gasteiger partial charge is 0.362 e. The minimum absolute atomic E-state index is 0.333. The van der Waals surface area contributed by atoms with Gasteiger partial charge in [0.2, 0.25) is 5.95 Å². The van der Waals surface area contributed by atoms with E-state index in [1.807, 2.05) is 44.1 Å². The van der Waals surface area contributed by atoms with Crippen LogP contribution in [0.5, 0.6) is 0 Å². The van der Waals surface area contributed by atoms with Crippen molar-refractivity contribution in [2.24, 2.45) is 0 Å². The molecule has 0 fully saturated rings. The Morgan fingerprint density at radius 2 is 1.95 bits per heavy atom. The second-order valence-corrected chi connectivity index (χ2v) is 5.68. The van der Waals surface area contributed by atoms with Gasteiger partial charge in [-0.2, -0.15) is 4.98 Å². The highest BCUT2D eigenvalue weighted by atomic mass is 15.3. The first-order valence-electron chi connectivity index (χ1n) is 7.00. The number of hydrogen-bond acceptors (Lipinski definition) is 6. The third kappa shape index (κ3) is 3.29. The zero-order chi connectivity index (χ0) is 15.6. The highest BCUT2D eigenvalue weighted by molar-refractivity contribution is 5.48. The van der Waals surface area contributed by atoms with Gasteiger partial charge in [-0.25, -0.2) is 4.98 Å². The summed E-state index contributed by atoms with van der Waals surface area (Å²) in [5.41, 5.74) is 1.06. The Kier molecular flexibility index (Phi) is 4.40. The number of anilines is 2. The Morgan fingerprint density at radius 3 is 2.57 bits per heavy atom. The highest BCUT2D eigenvalue weighted by Gasteiger charge is 2.14. The van der Waals surface area contributed by atoms with Crippen LogP contribution in [0.4, 0.5) is 11.8 Å². The Balaban J connectivity index is 2.22. The Hall–Kier alpha value is -2.18. The summed E-state index contributed by atoms with van der Waals surface area (Å²) in [4.78, 5) is 13.0. The van der Waals surface area contributed by atoms with Crippen LogP contribution in [0.2, 0.25) is 0 Å². The lowest BCUT2D eigenvalue weighted by Crippen LogP contribution is -2.23. The van der Waals surface area contributed by atoms with Crippen LogP contribution in [0, 0.1) is 6.92 Å². The van der Waals surface area contributed by atoms with Crippen LogP contribution >= 0.6 is 0 Å². The molecule has 0 bridgehead atoms. The Morgan fingerprint density at radius 1 is 1.24 bits per heavy atom. The maximum absolute atomic E-state index is 4.61. The molecule has 7 nitrogen and oxygen atoms in total. The van der Waals surface area contributed by atoms with Gasteiger partial charge < -0.3 is 14.4 Å². The third-order valence-corrected chi connectivity index (χ3v) is 3.28. The molecule has 2 aromatic rings. The fraction of sp³-hybridized carbons (Fsp3) is 0.571. The van der Waals surface area contributed by atoms with E-state index in [4.69, 9.17) is 0 Å². The average Bonchev–Trinajstić information content (AvgIpc) is 2.87. The minimum atomic E-state index is 0.333. The zero-order valence-electron chi connectivity index (χ0n) is 13.6. The van der Waals surface area contributed by atoms with Gasteiger partial charge in [0.1, 0.15) is 12.1 Å². The summed E-state index contributed by atoms with van der Waals surface area (Å²) in [7, 11) is 5.92. The molecule has 0 aliphatic carbocycles. The van der Waals surface area contributed by atoms with Crippen molar-refractivity contribution in [1.82, 2.24) is 24.7 Å². The fourth-order valence-electron chi connectivity index (χ4n) is 2.15. The first-order chi connectivity index (χ1) is 9.90. The normalized spacial score (nSPS) is 11.0. The van der Waals surface area contributed by atoms with Crippen molar-refractivity contribution in [3.05, 3.63) is 23.9 Å². The lowest BCUT2D eigenvalue weighted by molar-refractivity contribution is 0.563. The van der Waals surface area contributed by atoms with Crippen molar-refractivity contribution >= 4 is 11.8 Å². The van der Waals surface area contributed by atoms with Crippen LogP contribution in [-0.2, 0) is 6.54 Å². The van der Waals surface area contributed by atoms with Gasteiger partial charge in [-0.3, -0.25) is 0 Å². The summed E-state index contributed by atoms with van der Waals surface area (Å²) in [6.07, 6.45) is 3.61. The van der Waals surface area contributed by atoms with Gasteiger partial charge in [0.25, 0.3) is 0 Å². The smallest absolute Gasteiger partial charge is 0.227 e. The molecule has 0 saturated heterocycles. The molecule has 0 saturated carbocycles. The molecule has 2 aromatic heterocycles. The van der Waals surface area contributed by atoms with E-state index in [0.29, 0.717) is 18.5 Å². The number of hydrogen-bond donors (Lipinski definition) is 0. The van der Waals surface area contributed by atoms with Crippen LogP contribution in [0.1, 0.15) is 31.3 Å². The van der Waals surface area contributed by atoms with Gasteiger partial charge in [0.05, 0.1) is 6.54 Å². The molecule has 21 heavy (non-hydrogen) atoms. The molecule has 2 rings (SSSR count). The van der Waals surface area contributed by atoms with E-state index in [0.717, 1.165) is 17.2 Å². The molecule has 2 heterocycles. The molecule has 0 aromatic carbocycles. The zero-order valence-corrected chi connectivity index (χ0v) is 13.6. The number of aryl methyl sites for hydroxylation is 1. The van der Waals surface area contributed by atoms with E-state index in [-0.39, 0.29) is 0 Å². The summed E-state index contributed by atoms with van der Waals surface area (Å²) in [5.74, 6) is 2.52. The van der Waals surface area contributed by atoms with Gasteiger partial charge in [-0.1, -0.05) is 0 Å². The van der Waals surface area contributed by atoms with Crippen LogP contribution in [0.3, 0.4) is 0 Å². The predicted octanol–water partition coefficient (Wildman–Crippen LogP) is 1.66. The molecule has 7 heteroatoms. The second-order valence-electron chi connectivity index (χ2n) is 5.68. The number of nitrogens with zero attached hydrogens (tertiary/aromatic N) is 7. The molecule has 0 atom stereocenters. The maximum Gasteiger partial charge on any atom is 0.227 e. The predicted molar refractivity (Wildman–Crippen MR) is 83.6 cm³/mol. The molecule has 0 N–H and O–H groups in total. The molecule has 0 spiro atoms. The maximum atomic E-state index is 4.61. The van der Waals surface area contributed by atoms with Gasteiger partial charge in [-0.15, -0.1) is 10.2 Å². The Bertz CT molecular complexity index is 603. The van der Waals surface area contributed by atoms with Gasteiger partial charge in [0, 0.05) is 38.9 Å².